The molecule has 5 heteroatoms. The SMILES string of the molecule is O=S(=O)([O-])c1cccc(-c2ccccc2)c1-c1ccccc1.[Li+]. The largest absolute Gasteiger partial charge is 1.00 e. The molecule has 0 aliphatic rings. The van der Waals surface area contributed by atoms with Gasteiger partial charge in [0.05, 0.1) is 4.90 Å². The Labute approximate surface area is 147 Å². The van der Waals surface area contributed by atoms with Crippen LogP contribution in [0.1, 0.15) is 0 Å². The second kappa shape index (κ2) is 7.16. The quantitative estimate of drug-likeness (QED) is 0.533. The van der Waals surface area contributed by atoms with Crippen LogP contribution in [0.25, 0.3) is 22.3 Å². The van der Waals surface area contributed by atoms with Crippen LogP contribution in [-0.2, 0) is 10.1 Å². The predicted octanol–water partition coefficient (Wildman–Crippen LogP) is 0.929. The van der Waals surface area contributed by atoms with Gasteiger partial charge in [-0.2, -0.15) is 0 Å². The van der Waals surface area contributed by atoms with Gasteiger partial charge in [-0.15, -0.1) is 0 Å². The molecule has 0 aliphatic heterocycles. The molecule has 0 heterocycles. The first kappa shape index (κ1) is 17.5. The topological polar surface area (TPSA) is 57.2 Å². The van der Waals surface area contributed by atoms with Crippen molar-refractivity contribution in [2.45, 2.75) is 4.90 Å². The Hall–Kier alpha value is -1.83. The van der Waals surface area contributed by atoms with Gasteiger partial charge in [0.2, 0.25) is 0 Å². The average molecular weight is 316 g/mol. The second-order valence-corrected chi connectivity index (χ2v) is 6.21. The van der Waals surface area contributed by atoms with E-state index in [0.29, 0.717) is 11.1 Å². The van der Waals surface area contributed by atoms with Gasteiger partial charge < -0.3 is 4.55 Å². The average Bonchev–Trinajstić information content (AvgIpc) is 2.55. The van der Waals surface area contributed by atoms with Gasteiger partial charge in [0.15, 0.2) is 0 Å². The fraction of sp³-hybridized carbons (Fsp3) is 0. The molecule has 0 atom stereocenters. The second-order valence-electron chi connectivity index (χ2n) is 4.86. The van der Waals surface area contributed by atoms with E-state index in [1.807, 2.05) is 54.6 Å². The number of hydrogen-bond donors (Lipinski definition) is 0. The molecular weight excluding hydrogens is 303 g/mol. The minimum Gasteiger partial charge on any atom is -0.744 e. The molecule has 0 radical (unpaired) electrons. The molecule has 0 fully saturated rings. The van der Waals surface area contributed by atoms with E-state index in [9.17, 15) is 13.0 Å². The third kappa shape index (κ3) is 3.74. The molecule has 0 aliphatic carbocycles. The third-order valence-electron chi connectivity index (χ3n) is 3.44. The first-order valence-electron chi connectivity index (χ1n) is 6.77. The molecule has 0 spiro atoms. The van der Waals surface area contributed by atoms with E-state index in [2.05, 4.69) is 0 Å². The van der Waals surface area contributed by atoms with Crippen molar-refractivity contribution in [3.8, 4) is 22.3 Å². The maximum Gasteiger partial charge on any atom is 1.00 e. The summed E-state index contributed by atoms with van der Waals surface area (Å²) in [5, 5.41) is 0. The molecule has 0 aromatic heterocycles. The van der Waals surface area contributed by atoms with E-state index in [0.717, 1.165) is 11.1 Å². The van der Waals surface area contributed by atoms with Crippen LogP contribution in [0, 0.1) is 0 Å². The van der Waals surface area contributed by atoms with Crippen molar-refractivity contribution in [2.75, 3.05) is 0 Å². The summed E-state index contributed by atoms with van der Waals surface area (Å²) in [5.41, 5.74) is 2.75. The summed E-state index contributed by atoms with van der Waals surface area (Å²) < 4.78 is 35.0. The van der Waals surface area contributed by atoms with Gasteiger partial charge in [-0.1, -0.05) is 72.8 Å². The summed E-state index contributed by atoms with van der Waals surface area (Å²) >= 11 is 0. The molecular formula is C18H13LiO3S. The molecule has 0 saturated heterocycles. The molecule has 3 aromatic rings. The van der Waals surface area contributed by atoms with Crippen LogP contribution in [-0.4, -0.2) is 13.0 Å². The van der Waals surface area contributed by atoms with Crippen LogP contribution >= 0.6 is 0 Å². The zero-order chi connectivity index (χ0) is 15.6. The molecule has 0 saturated carbocycles. The normalized spacial score (nSPS) is 10.8. The van der Waals surface area contributed by atoms with Crippen molar-refractivity contribution in [1.29, 1.82) is 0 Å². The van der Waals surface area contributed by atoms with Crippen LogP contribution in [0.4, 0.5) is 0 Å². The minimum absolute atomic E-state index is 0. The Bertz CT molecular complexity index is 892. The first-order valence-corrected chi connectivity index (χ1v) is 8.18. The Morgan fingerprint density at radius 2 is 1.17 bits per heavy atom. The summed E-state index contributed by atoms with van der Waals surface area (Å²) in [4.78, 5) is -0.194. The van der Waals surface area contributed by atoms with Gasteiger partial charge in [0.1, 0.15) is 10.1 Å². The molecule has 3 rings (SSSR count). The van der Waals surface area contributed by atoms with Gasteiger partial charge >= 0.3 is 18.9 Å². The van der Waals surface area contributed by atoms with Gasteiger partial charge in [-0.3, -0.25) is 0 Å². The monoisotopic (exact) mass is 316 g/mol. The van der Waals surface area contributed by atoms with Crippen molar-refractivity contribution < 1.29 is 31.8 Å². The zero-order valence-electron chi connectivity index (χ0n) is 12.6. The van der Waals surface area contributed by atoms with E-state index in [-0.39, 0.29) is 23.8 Å². The number of hydrogen-bond acceptors (Lipinski definition) is 3. The third-order valence-corrected chi connectivity index (χ3v) is 4.32. The molecule has 0 bridgehead atoms. The van der Waals surface area contributed by atoms with Crippen LogP contribution in [0.15, 0.2) is 83.8 Å². The maximum absolute atomic E-state index is 11.7. The number of benzene rings is 3. The molecule has 0 unspecified atom stereocenters. The summed E-state index contributed by atoms with van der Waals surface area (Å²) in [6.07, 6.45) is 0. The van der Waals surface area contributed by atoms with Gasteiger partial charge in [-0.25, -0.2) is 8.42 Å². The molecule has 0 amide bonds. The van der Waals surface area contributed by atoms with Crippen molar-refractivity contribution in [3.63, 3.8) is 0 Å². The van der Waals surface area contributed by atoms with Gasteiger partial charge in [0.25, 0.3) is 0 Å². The van der Waals surface area contributed by atoms with Crippen molar-refractivity contribution in [1.82, 2.24) is 0 Å². The van der Waals surface area contributed by atoms with Crippen LogP contribution in [0.5, 0.6) is 0 Å². The number of rotatable bonds is 3. The van der Waals surface area contributed by atoms with Crippen LogP contribution in [0.3, 0.4) is 0 Å². The van der Waals surface area contributed by atoms with E-state index in [1.54, 1.807) is 18.2 Å². The Kier molecular flexibility index (Phi) is 5.45. The Balaban J connectivity index is 0.00000192. The first-order chi connectivity index (χ1) is 10.6. The summed E-state index contributed by atoms with van der Waals surface area (Å²) in [6, 6.07) is 23.3. The van der Waals surface area contributed by atoms with Crippen molar-refractivity contribution in [2.24, 2.45) is 0 Å². The fourth-order valence-electron chi connectivity index (χ4n) is 2.50. The van der Waals surface area contributed by atoms with Crippen molar-refractivity contribution in [3.05, 3.63) is 78.9 Å². The summed E-state index contributed by atoms with van der Waals surface area (Å²) in [6.45, 7) is 0. The predicted molar refractivity (Wildman–Crippen MR) is 85.3 cm³/mol. The fourth-order valence-corrected chi connectivity index (χ4v) is 3.22. The molecule has 23 heavy (non-hydrogen) atoms. The van der Waals surface area contributed by atoms with E-state index < -0.39 is 10.1 Å². The van der Waals surface area contributed by atoms with E-state index in [4.69, 9.17) is 0 Å². The standard InChI is InChI=1S/C18H14O3S.Li/c19-22(20,21)17-13-7-12-16(14-8-3-1-4-9-14)18(17)15-10-5-2-6-11-15;/h1-13H,(H,19,20,21);/q;+1/p-1. The summed E-state index contributed by atoms with van der Waals surface area (Å²) in [7, 11) is -4.56. The molecule has 3 nitrogen and oxygen atoms in total. The van der Waals surface area contributed by atoms with Crippen molar-refractivity contribution >= 4 is 10.1 Å². The van der Waals surface area contributed by atoms with Gasteiger partial charge in [0, 0.05) is 5.56 Å². The Morgan fingerprint density at radius 1 is 0.652 bits per heavy atom. The van der Waals surface area contributed by atoms with Crippen LogP contribution < -0.4 is 18.9 Å². The Morgan fingerprint density at radius 3 is 1.70 bits per heavy atom. The van der Waals surface area contributed by atoms with Gasteiger partial charge in [-0.05, 0) is 22.8 Å². The maximum atomic E-state index is 11.7. The minimum atomic E-state index is -4.56. The van der Waals surface area contributed by atoms with Crippen LogP contribution in [0.2, 0.25) is 0 Å². The molecule has 3 aromatic carbocycles. The smallest absolute Gasteiger partial charge is 0.744 e. The zero-order valence-corrected chi connectivity index (χ0v) is 13.5. The summed E-state index contributed by atoms with van der Waals surface area (Å²) in [5.74, 6) is 0. The molecule has 0 N–H and O–H groups in total. The van der Waals surface area contributed by atoms with E-state index in [1.165, 1.54) is 6.07 Å². The van der Waals surface area contributed by atoms with E-state index >= 15 is 0 Å². The molecule has 110 valence electrons.